The summed E-state index contributed by atoms with van der Waals surface area (Å²) >= 11 is 0. The monoisotopic (exact) mass is 362 g/mol. The third-order valence-corrected chi connectivity index (χ3v) is 4.19. The summed E-state index contributed by atoms with van der Waals surface area (Å²) in [5, 5.41) is 2.70. The van der Waals surface area contributed by atoms with Crippen molar-refractivity contribution in [1.82, 2.24) is 10.2 Å². The van der Waals surface area contributed by atoms with Crippen molar-refractivity contribution in [3.63, 3.8) is 0 Å². The molecule has 7 heteroatoms. The molecule has 0 spiro atoms. The molecule has 0 aliphatic carbocycles. The lowest BCUT2D eigenvalue weighted by molar-refractivity contribution is -0.155. The summed E-state index contributed by atoms with van der Waals surface area (Å²) < 4.78 is 10.3. The number of hydrogen-bond donors (Lipinski definition) is 1. The molecule has 7 nitrogen and oxygen atoms in total. The van der Waals surface area contributed by atoms with Crippen molar-refractivity contribution >= 4 is 17.8 Å². The standard InChI is InChI=1S/C19H26N2O5/c1-13(2)17(20-18(23)15-6-4-5-14(3)11-15)19(24)26-12-16(22)21-7-9-25-10-8-21/h4-6,11,13,17H,7-10,12H2,1-3H3,(H,20,23)/t17-/m0/s1. The first-order chi connectivity index (χ1) is 12.4. The van der Waals surface area contributed by atoms with E-state index in [4.69, 9.17) is 9.47 Å². The largest absolute Gasteiger partial charge is 0.454 e. The van der Waals surface area contributed by atoms with Crippen molar-refractivity contribution in [3.05, 3.63) is 35.4 Å². The second kappa shape index (κ2) is 9.33. The van der Waals surface area contributed by atoms with Gasteiger partial charge in [0.2, 0.25) is 0 Å². The van der Waals surface area contributed by atoms with Crippen molar-refractivity contribution in [3.8, 4) is 0 Å². The number of aryl methyl sites for hydroxylation is 1. The minimum atomic E-state index is -0.819. The van der Waals surface area contributed by atoms with Crippen LogP contribution in [0.1, 0.15) is 29.8 Å². The van der Waals surface area contributed by atoms with Crippen LogP contribution in [0, 0.1) is 12.8 Å². The Labute approximate surface area is 153 Å². The predicted octanol–water partition coefficient (Wildman–Crippen LogP) is 1.15. The summed E-state index contributed by atoms with van der Waals surface area (Å²) in [5.41, 5.74) is 1.44. The highest BCUT2D eigenvalue weighted by molar-refractivity contribution is 5.97. The number of esters is 1. The van der Waals surface area contributed by atoms with Crippen molar-refractivity contribution < 1.29 is 23.9 Å². The van der Waals surface area contributed by atoms with Crippen molar-refractivity contribution in [2.24, 2.45) is 5.92 Å². The second-order valence-electron chi connectivity index (χ2n) is 6.67. The van der Waals surface area contributed by atoms with Gasteiger partial charge in [-0.2, -0.15) is 0 Å². The van der Waals surface area contributed by atoms with E-state index in [2.05, 4.69) is 5.32 Å². The van der Waals surface area contributed by atoms with E-state index in [-0.39, 0.29) is 24.3 Å². The van der Waals surface area contributed by atoms with Gasteiger partial charge >= 0.3 is 5.97 Å². The first-order valence-corrected chi connectivity index (χ1v) is 8.78. The van der Waals surface area contributed by atoms with E-state index in [1.54, 1.807) is 23.1 Å². The molecule has 0 saturated carbocycles. The fraction of sp³-hybridized carbons (Fsp3) is 0.526. The van der Waals surface area contributed by atoms with Gasteiger partial charge in [0.15, 0.2) is 6.61 Å². The van der Waals surface area contributed by atoms with Crippen molar-refractivity contribution in [2.45, 2.75) is 26.8 Å². The molecule has 1 aliphatic heterocycles. The molecule has 1 aromatic carbocycles. The first-order valence-electron chi connectivity index (χ1n) is 8.78. The molecule has 1 N–H and O–H groups in total. The van der Waals surface area contributed by atoms with Gasteiger partial charge in [-0.3, -0.25) is 9.59 Å². The molecule has 2 amide bonds. The molecule has 0 bridgehead atoms. The average molecular weight is 362 g/mol. The molecule has 2 rings (SSSR count). The second-order valence-corrected chi connectivity index (χ2v) is 6.67. The Balaban J connectivity index is 1.92. The quantitative estimate of drug-likeness (QED) is 0.768. The summed E-state index contributed by atoms with van der Waals surface area (Å²) in [6, 6.07) is 6.30. The minimum absolute atomic E-state index is 0.172. The Hall–Kier alpha value is -2.41. The van der Waals surface area contributed by atoms with E-state index in [9.17, 15) is 14.4 Å². The van der Waals surface area contributed by atoms with Crippen LogP contribution in [0.15, 0.2) is 24.3 Å². The van der Waals surface area contributed by atoms with Gasteiger partial charge in [0.05, 0.1) is 13.2 Å². The summed E-state index contributed by atoms with van der Waals surface area (Å²) in [6.07, 6.45) is 0. The molecule has 1 heterocycles. The third kappa shape index (κ3) is 5.56. The molecule has 1 aliphatic rings. The number of morpholine rings is 1. The third-order valence-electron chi connectivity index (χ3n) is 4.19. The number of amides is 2. The minimum Gasteiger partial charge on any atom is -0.454 e. The number of nitrogens with zero attached hydrogens (tertiary/aromatic N) is 1. The SMILES string of the molecule is Cc1cccc(C(=O)N[C@H](C(=O)OCC(=O)N2CCOCC2)C(C)C)c1. The summed E-state index contributed by atoms with van der Waals surface area (Å²) in [7, 11) is 0. The van der Waals surface area contributed by atoms with E-state index in [0.717, 1.165) is 5.56 Å². The van der Waals surface area contributed by atoms with E-state index in [1.165, 1.54) is 0 Å². The highest BCUT2D eigenvalue weighted by Crippen LogP contribution is 2.09. The van der Waals surface area contributed by atoms with Crippen LogP contribution in [0.25, 0.3) is 0 Å². The Morgan fingerprint density at radius 3 is 2.54 bits per heavy atom. The van der Waals surface area contributed by atoms with E-state index < -0.39 is 12.0 Å². The molecule has 0 radical (unpaired) electrons. The number of carbonyl (C=O) groups excluding carboxylic acids is 3. The van der Waals surface area contributed by atoms with Gasteiger partial charge in [-0.05, 0) is 25.0 Å². The van der Waals surface area contributed by atoms with Gasteiger partial charge in [-0.15, -0.1) is 0 Å². The topological polar surface area (TPSA) is 84.9 Å². The zero-order valence-corrected chi connectivity index (χ0v) is 15.5. The van der Waals surface area contributed by atoms with Gasteiger partial charge in [-0.1, -0.05) is 31.5 Å². The Kier molecular flexibility index (Phi) is 7.15. The maximum absolute atomic E-state index is 12.4. The van der Waals surface area contributed by atoms with Crippen LogP contribution in [0.2, 0.25) is 0 Å². The molecule has 0 unspecified atom stereocenters. The van der Waals surface area contributed by atoms with Crippen LogP contribution in [0.4, 0.5) is 0 Å². The molecule has 1 atom stereocenters. The smallest absolute Gasteiger partial charge is 0.329 e. The lowest BCUT2D eigenvalue weighted by Gasteiger charge is -2.27. The number of hydrogen-bond acceptors (Lipinski definition) is 5. The van der Waals surface area contributed by atoms with E-state index in [0.29, 0.717) is 31.9 Å². The van der Waals surface area contributed by atoms with Crippen LogP contribution >= 0.6 is 0 Å². The van der Waals surface area contributed by atoms with Crippen LogP contribution in [-0.2, 0) is 19.1 Å². The predicted molar refractivity (Wildman–Crippen MR) is 95.6 cm³/mol. The van der Waals surface area contributed by atoms with Crippen molar-refractivity contribution in [2.75, 3.05) is 32.9 Å². The number of nitrogens with one attached hydrogen (secondary N) is 1. The maximum atomic E-state index is 12.4. The molecule has 1 fully saturated rings. The summed E-state index contributed by atoms with van der Waals surface area (Å²) in [5.74, 6) is -1.38. The van der Waals surface area contributed by atoms with Gasteiger partial charge in [-0.25, -0.2) is 4.79 Å². The van der Waals surface area contributed by atoms with Gasteiger partial charge in [0.25, 0.3) is 11.8 Å². The molecule has 1 aromatic rings. The molecule has 1 saturated heterocycles. The van der Waals surface area contributed by atoms with Crippen LogP contribution < -0.4 is 5.32 Å². The lowest BCUT2D eigenvalue weighted by atomic mass is 10.0. The maximum Gasteiger partial charge on any atom is 0.329 e. The van der Waals surface area contributed by atoms with Gasteiger partial charge < -0.3 is 19.7 Å². The fourth-order valence-electron chi connectivity index (χ4n) is 2.64. The molecular weight excluding hydrogens is 336 g/mol. The fourth-order valence-corrected chi connectivity index (χ4v) is 2.64. The highest BCUT2D eigenvalue weighted by atomic mass is 16.5. The Bertz CT molecular complexity index is 653. The molecular formula is C19H26N2O5. The van der Waals surface area contributed by atoms with Gasteiger partial charge in [0, 0.05) is 18.7 Å². The molecule has 0 aromatic heterocycles. The molecule has 26 heavy (non-hydrogen) atoms. The van der Waals surface area contributed by atoms with Crippen LogP contribution in [0.5, 0.6) is 0 Å². The number of carbonyl (C=O) groups is 3. The van der Waals surface area contributed by atoms with Crippen molar-refractivity contribution in [1.29, 1.82) is 0 Å². The number of benzene rings is 1. The number of ether oxygens (including phenoxy) is 2. The average Bonchev–Trinajstić information content (AvgIpc) is 2.64. The normalized spacial score (nSPS) is 15.5. The summed E-state index contributed by atoms with van der Waals surface area (Å²) in [4.78, 5) is 38.5. The Morgan fingerprint density at radius 1 is 1.23 bits per heavy atom. The van der Waals surface area contributed by atoms with Crippen LogP contribution in [-0.4, -0.2) is 61.6 Å². The molecule has 142 valence electrons. The number of rotatable bonds is 6. The van der Waals surface area contributed by atoms with E-state index >= 15 is 0 Å². The first kappa shape index (κ1) is 19.9. The van der Waals surface area contributed by atoms with Gasteiger partial charge in [0.1, 0.15) is 6.04 Å². The zero-order chi connectivity index (χ0) is 19.1. The zero-order valence-electron chi connectivity index (χ0n) is 15.5. The Morgan fingerprint density at radius 2 is 1.92 bits per heavy atom. The van der Waals surface area contributed by atoms with E-state index in [1.807, 2.05) is 26.8 Å². The summed E-state index contributed by atoms with van der Waals surface area (Å²) in [6.45, 7) is 7.15. The van der Waals surface area contributed by atoms with Crippen LogP contribution in [0.3, 0.4) is 0 Å². The highest BCUT2D eigenvalue weighted by Gasteiger charge is 2.27. The lowest BCUT2D eigenvalue weighted by Crippen LogP contribution is -2.47.